The van der Waals surface area contributed by atoms with Gasteiger partial charge in [-0.1, -0.05) is 72.8 Å². The van der Waals surface area contributed by atoms with E-state index >= 15 is 0 Å². The van der Waals surface area contributed by atoms with Crippen molar-refractivity contribution in [1.82, 2.24) is 5.32 Å². The van der Waals surface area contributed by atoms with Crippen molar-refractivity contribution in [2.24, 2.45) is 5.92 Å². The number of benzene rings is 5. The fraction of sp³-hybridized carbons (Fsp3) is 0.200. The SMILES string of the molecule is O=C(Nc1ccc(N2CCC(C(C(=O)NCc3ccccc3)c3ccc(F)cc3)CC2)cc1)c1ccccc1-c1ccc(C(F)(F)F)cc1. The van der Waals surface area contributed by atoms with Crippen LogP contribution < -0.4 is 15.5 Å². The van der Waals surface area contributed by atoms with Crippen LogP contribution in [-0.2, 0) is 17.5 Å². The summed E-state index contributed by atoms with van der Waals surface area (Å²) in [4.78, 5) is 29.1. The summed E-state index contributed by atoms with van der Waals surface area (Å²) in [5, 5.41) is 5.99. The molecule has 0 aliphatic carbocycles. The first-order valence-electron chi connectivity index (χ1n) is 16.2. The number of nitrogens with zero attached hydrogens (tertiary/aromatic N) is 1. The lowest BCUT2D eigenvalue weighted by molar-refractivity contribution is -0.137. The van der Waals surface area contributed by atoms with Crippen molar-refractivity contribution in [1.29, 1.82) is 0 Å². The van der Waals surface area contributed by atoms with E-state index in [9.17, 15) is 27.2 Å². The number of carbonyl (C=O) groups excluding carboxylic acids is 2. The molecule has 0 saturated carbocycles. The molecule has 5 aromatic carbocycles. The van der Waals surface area contributed by atoms with Crippen molar-refractivity contribution in [3.05, 3.63) is 155 Å². The summed E-state index contributed by atoms with van der Waals surface area (Å²) in [6.07, 6.45) is -2.91. The average molecular weight is 666 g/mol. The Morgan fingerprint density at radius 1 is 0.755 bits per heavy atom. The standard InChI is InChI=1S/C40H35F4N3O2/c41-32-16-12-29(13-17-32)37(39(49)45-26-27-6-2-1-3-7-27)30-22-24-47(25-23-30)34-20-18-33(19-21-34)46-38(48)36-9-5-4-8-35(36)28-10-14-31(15-11-28)40(42,43)44/h1-21,30,37H,22-26H2,(H,45,49)(H,46,48). The molecular weight excluding hydrogens is 630 g/mol. The number of alkyl halides is 3. The van der Waals surface area contributed by atoms with Crippen molar-refractivity contribution < 1.29 is 27.2 Å². The number of nitrogens with one attached hydrogen (secondary N) is 2. The lowest BCUT2D eigenvalue weighted by atomic mass is 9.79. The zero-order chi connectivity index (χ0) is 34.4. The van der Waals surface area contributed by atoms with E-state index < -0.39 is 17.7 Å². The first-order chi connectivity index (χ1) is 23.7. The van der Waals surface area contributed by atoms with E-state index in [1.54, 1.807) is 36.4 Å². The number of halogens is 4. The maximum atomic E-state index is 13.8. The third-order valence-electron chi connectivity index (χ3n) is 9.02. The number of amides is 2. The second-order valence-electron chi connectivity index (χ2n) is 12.2. The third kappa shape index (κ3) is 8.17. The van der Waals surface area contributed by atoms with Crippen LogP contribution in [0.5, 0.6) is 0 Å². The third-order valence-corrected chi connectivity index (χ3v) is 9.02. The van der Waals surface area contributed by atoms with Crippen LogP contribution in [0.1, 0.15) is 45.8 Å². The van der Waals surface area contributed by atoms with Crippen molar-refractivity contribution in [2.45, 2.75) is 31.5 Å². The largest absolute Gasteiger partial charge is 0.416 e. The van der Waals surface area contributed by atoms with Gasteiger partial charge in [0.15, 0.2) is 0 Å². The van der Waals surface area contributed by atoms with Crippen LogP contribution in [0, 0.1) is 11.7 Å². The van der Waals surface area contributed by atoms with Crippen molar-refractivity contribution >= 4 is 23.2 Å². The van der Waals surface area contributed by atoms with Crippen LogP contribution in [0.25, 0.3) is 11.1 Å². The highest BCUT2D eigenvalue weighted by atomic mass is 19.4. The van der Waals surface area contributed by atoms with Gasteiger partial charge >= 0.3 is 6.18 Å². The van der Waals surface area contributed by atoms with Gasteiger partial charge in [-0.15, -0.1) is 0 Å². The highest BCUT2D eigenvalue weighted by Gasteiger charge is 2.33. The second-order valence-corrected chi connectivity index (χ2v) is 12.2. The summed E-state index contributed by atoms with van der Waals surface area (Å²) in [5.74, 6) is -1.13. The normalized spacial score (nSPS) is 14.2. The quantitative estimate of drug-likeness (QED) is 0.155. The fourth-order valence-corrected chi connectivity index (χ4v) is 6.42. The zero-order valence-electron chi connectivity index (χ0n) is 26.6. The molecule has 1 saturated heterocycles. The Hall–Kier alpha value is -5.44. The highest BCUT2D eigenvalue weighted by Crippen LogP contribution is 2.36. The van der Waals surface area contributed by atoms with Gasteiger partial charge in [0.05, 0.1) is 11.5 Å². The van der Waals surface area contributed by atoms with Crippen LogP contribution in [0.15, 0.2) is 127 Å². The lowest BCUT2D eigenvalue weighted by Gasteiger charge is -2.37. The molecular formula is C40H35F4N3O2. The zero-order valence-corrected chi connectivity index (χ0v) is 26.6. The van der Waals surface area contributed by atoms with E-state index in [0.717, 1.165) is 54.9 Å². The van der Waals surface area contributed by atoms with E-state index in [-0.39, 0.29) is 23.5 Å². The molecule has 1 unspecified atom stereocenters. The monoisotopic (exact) mass is 665 g/mol. The summed E-state index contributed by atoms with van der Waals surface area (Å²) in [7, 11) is 0. The maximum absolute atomic E-state index is 13.8. The van der Waals surface area contributed by atoms with E-state index in [1.165, 1.54) is 24.3 Å². The molecule has 5 nitrogen and oxygen atoms in total. The highest BCUT2D eigenvalue weighted by molar-refractivity contribution is 6.08. The molecule has 250 valence electrons. The van der Waals surface area contributed by atoms with Crippen LogP contribution in [0.3, 0.4) is 0 Å². The second kappa shape index (κ2) is 14.8. The van der Waals surface area contributed by atoms with Gasteiger partial charge in [-0.2, -0.15) is 13.2 Å². The molecule has 9 heteroatoms. The summed E-state index contributed by atoms with van der Waals surface area (Å²) in [6.45, 7) is 1.86. The first-order valence-corrected chi connectivity index (χ1v) is 16.2. The predicted octanol–water partition coefficient (Wildman–Crippen LogP) is 9.08. The number of hydrogen-bond acceptors (Lipinski definition) is 3. The minimum absolute atomic E-state index is 0.0702. The Kier molecular flexibility index (Phi) is 10.1. The van der Waals surface area contributed by atoms with Gasteiger partial charge in [0.1, 0.15) is 5.82 Å². The molecule has 2 N–H and O–H groups in total. The summed E-state index contributed by atoms with van der Waals surface area (Å²) in [6, 6.07) is 35.0. The van der Waals surface area contributed by atoms with E-state index in [1.807, 2.05) is 54.6 Å². The molecule has 0 bridgehead atoms. The van der Waals surface area contributed by atoms with Gasteiger partial charge in [-0.05, 0) is 95.6 Å². The van der Waals surface area contributed by atoms with Gasteiger partial charge < -0.3 is 15.5 Å². The molecule has 1 atom stereocenters. The molecule has 1 aliphatic heterocycles. The minimum Gasteiger partial charge on any atom is -0.372 e. The van der Waals surface area contributed by atoms with Crippen molar-refractivity contribution in [2.75, 3.05) is 23.3 Å². The van der Waals surface area contributed by atoms with Crippen LogP contribution >= 0.6 is 0 Å². The summed E-state index contributed by atoms with van der Waals surface area (Å²) < 4.78 is 52.9. The van der Waals surface area contributed by atoms with Gasteiger partial charge in [-0.25, -0.2) is 4.39 Å². The molecule has 0 aromatic heterocycles. The average Bonchev–Trinajstić information content (AvgIpc) is 3.12. The predicted molar refractivity (Wildman–Crippen MR) is 184 cm³/mol. The molecule has 0 spiro atoms. The van der Waals surface area contributed by atoms with Crippen LogP contribution in [0.4, 0.5) is 28.9 Å². The molecule has 1 heterocycles. The van der Waals surface area contributed by atoms with Crippen molar-refractivity contribution in [3.63, 3.8) is 0 Å². The molecule has 2 amide bonds. The number of hydrogen-bond donors (Lipinski definition) is 2. The molecule has 1 fully saturated rings. The number of anilines is 2. The Labute approximate surface area is 282 Å². The fourth-order valence-electron chi connectivity index (χ4n) is 6.42. The summed E-state index contributed by atoms with van der Waals surface area (Å²) in [5.41, 5.74) is 3.99. The van der Waals surface area contributed by atoms with Gasteiger partial charge in [-0.3, -0.25) is 9.59 Å². The lowest BCUT2D eigenvalue weighted by Crippen LogP contribution is -2.40. The number of piperidine rings is 1. The molecule has 5 aromatic rings. The first kappa shape index (κ1) is 33.5. The van der Waals surface area contributed by atoms with Crippen molar-refractivity contribution in [3.8, 4) is 11.1 Å². The van der Waals surface area contributed by atoms with Gasteiger partial charge in [0.2, 0.25) is 5.91 Å². The Bertz CT molecular complexity index is 1870. The molecule has 1 aliphatic rings. The topological polar surface area (TPSA) is 61.4 Å². The van der Waals surface area contributed by atoms with Crippen LogP contribution in [0.2, 0.25) is 0 Å². The maximum Gasteiger partial charge on any atom is 0.416 e. The summed E-state index contributed by atoms with van der Waals surface area (Å²) >= 11 is 0. The molecule has 0 radical (unpaired) electrons. The number of rotatable bonds is 9. The van der Waals surface area contributed by atoms with Gasteiger partial charge in [0.25, 0.3) is 5.91 Å². The Morgan fingerprint density at radius 2 is 1.39 bits per heavy atom. The van der Waals surface area contributed by atoms with Gasteiger partial charge in [0, 0.05) is 36.6 Å². The number of carbonyl (C=O) groups is 2. The smallest absolute Gasteiger partial charge is 0.372 e. The van der Waals surface area contributed by atoms with Crippen LogP contribution in [-0.4, -0.2) is 24.9 Å². The van der Waals surface area contributed by atoms with E-state index in [0.29, 0.717) is 28.9 Å². The Balaban J connectivity index is 1.09. The molecule has 6 rings (SSSR count). The minimum atomic E-state index is -4.44. The van der Waals surface area contributed by atoms with E-state index in [2.05, 4.69) is 15.5 Å². The molecule has 49 heavy (non-hydrogen) atoms. The van der Waals surface area contributed by atoms with E-state index in [4.69, 9.17) is 0 Å². The Morgan fingerprint density at radius 3 is 2.04 bits per heavy atom.